The number of aromatic hydroxyl groups is 2. The van der Waals surface area contributed by atoms with E-state index in [1.54, 1.807) is 6.92 Å². The summed E-state index contributed by atoms with van der Waals surface area (Å²) in [6, 6.07) is 1.09. The number of rotatable bonds is 6. The van der Waals surface area contributed by atoms with Crippen LogP contribution in [-0.2, 0) is 9.53 Å². The molecule has 7 nitrogen and oxygen atoms in total. The van der Waals surface area contributed by atoms with Gasteiger partial charge in [0.05, 0.1) is 22.6 Å². The first-order chi connectivity index (χ1) is 13.0. The first-order valence-electron chi connectivity index (χ1n) is 8.94. The zero-order chi connectivity index (χ0) is 21.2. The standard InChI is InChI=1S/C21H24O7/c1-5-11(2)20(26)28-16(8-9-21(3,4)27)12-10-15(24)17-13(22)6-7-14(23)18(17)19(12)25/h6-11,16,24-25,27H,5H2,1-4H3/b9-8+/t11-,16-/m1/s1. The van der Waals surface area contributed by atoms with Crippen molar-refractivity contribution < 1.29 is 34.4 Å². The van der Waals surface area contributed by atoms with E-state index in [-0.39, 0.29) is 16.7 Å². The third-order valence-corrected chi connectivity index (χ3v) is 4.43. The van der Waals surface area contributed by atoms with Gasteiger partial charge in [-0.25, -0.2) is 0 Å². The lowest BCUT2D eigenvalue weighted by atomic mass is 9.89. The summed E-state index contributed by atoms with van der Waals surface area (Å²) < 4.78 is 5.45. The molecular weight excluding hydrogens is 364 g/mol. The molecule has 0 spiro atoms. The Kier molecular flexibility index (Phi) is 6.09. The van der Waals surface area contributed by atoms with Gasteiger partial charge in [0.15, 0.2) is 11.6 Å². The minimum Gasteiger partial charge on any atom is -0.507 e. The van der Waals surface area contributed by atoms with Crippen molar-refractivity contribution in [2.45, 2.75) is 45.8 Å². The quantitative estimate of drug-likeness (QED) is 0.389. The van der Waals surface area contributed by atoms with Crippen molar-refractivity contribution in [2.75, 3.05) is 0 Å². The molecule has 0 bridgehead atoms. The SMILES string of the molecule is CC[C@@H](C)C(=O)O[C@H](/C=C/C(C)(C)O)c1cc(O)c2c(c1O)C(=O)C=CC2=O. The molecule has 0 saturated heterocycles. The van der Waals surface area contributed by atoms with Crippen LogP contribution in [0.15, 0.2) is 30.4 Å². The molecule has 7 heteroatoms. The van der Waals surface area contributed by atoms with E-state index in [1.165, 1.54) is 26.0 Å². The number of hydrogen-bond donors (Lipinski definition) is 3. The van der Waals surface area contributed by atoms with Crippen LogP contribution in [0.25, 0.3) is 0 Å². The van der Waals surface area contributed by atoms with E-state index < -0.39 is 46.7 Å². The van der Waals surface area contributed by atoms with Crippen LogP contribution in [0, 0.1) is 5.92 Å². The Hall–Kier alpha value is -2.93. The van der Waals surface area contributed by atoms with Crippen molar-refractivity contribution in [2.24, 2.45) is 5.92 Å². The molecule has 0 amide bonds. The van der Waals surface area contributed by atoms with E-state index in [4.69, 9.17) is 4.74 Å². The van der Waals surface area contributed by atoms with E-state index in [0.717, 1.165) is 18.2 Å². The largest absolute Gasteiger partial charge is 0.507 e. The Morgan fingerprint density at radius 2 is 1.75 bits per heavy atom. The maximum atomic E-state index is 12.3. The molecule has 2 rings (SSSR count). The van der Waals surface area contributed by atoms with Gasteiger partial charge in [0.25, 0.3) is 0 Å². The highest BCUT2D eigenvalue weighted by molar-refractivity contribution is 6.24. The third-order valence-electron chi connectivity index (χ3n) is 4.43. The van der Waals surface area contributed by atoms with Crippen LogP contribution in [0.1, 0.15) is 66.5 Å². The lowest BCUT2D eigenvalue weighted by Crippen LogP contribution is -2.20. The summed E-state index contributed by atoms with van der Waals surface area (Å²) in [5, 5.41) is 30.9. The topological polar surface area (TPSA) is 121 Å². The van der Waals surface area contributed by atoms with Crippen LogP contribution in [0.3, 0.4) is 0 Å². The van der Waals surface area contributed by atoms with Gasteiger partial charge < -0.3 is 20.1 Å². The van der Waals surface area contributed by atoms with E-state index >= 15 is 0 Å². The lowest BCUT2D eigenvalue weighted by Gasteiger charge is -2.22. The number of phenols is 2. The zero-order valence-electron chi connectivity index (χ0n) is 16.2. The molecule has 0 aromatic heterocycles. The van der Waals surface area contributed by atoms with Crippen LogP contribution < -0.4 is 0 Å². The molecule has 3 N–H and O–H groups in total. The third kappa shape index (κ3) is 4.48. The first kappa shape index (κ1) is 21.4. The Morgan fingerprint density at radius 3 is 2.29 bits per heavy atom. The summed E-state index contributed by atoms with van der Waals surface area (Å²) in [6.45, 7) is 6.51. The van der Waals surface area contributed by atoms with Crippen molar-refractivity contribution in [1.29, 1.82) is 0 Å². The molecule has 2 atom stereocenters. The molecule has 0 saturated carbocycles. The van der Waals surface area contributed by atoms with Gasteiger partial charge >= 0.3 is 5.97 Å². The minimum absolute atomic E-state index is 0.0650. The Bertz CT molecular complexity index is 872. The number of carbonyl (C=O) groups excluding carboxylic acids is 3. The molecular formula is C21H24O7. The molecule has 150 valence electrons. The normalized spacial score (nSPS) is 16.2. The highest BCUT2D eigenvalue weighted by atomic mass is 16.5. The van der Waals surface area contributed by atoms with Crippen molar-refractivity contribution in [3.63, 3.8) is 0 Å². The van der Waals surface area contributed by atoms with Gasteiger partial charge in [0.2, 0.25) is 0 Å². The van der Waals surface area contributed by atoms with Gasteiger partial charge in [0, 0.05) is 5.56 Å². The van der Waals surface area contributed by atoms with Crippen molar-refractivity contribution in [3.8, 4) is 11.5 Å². The summed E-state index contributed by atoms with van der Waals surface area (Å²) >= 11 is 0. The first-order valence-corrected chi connectivity index (χ1v) is 8.94. The minimum atomic E-state index is -1.23. The molecule has 0 unspecified atom stereocenters. The van der Waals surface area contributed by atoms with Crippen LogP contribution in [-0.4, -0.2) is 38.5 Å². The van der Waals surface area contributed by atoms with Crippen LogP contribution in [0.5, 0.6) is 11.5 Å². The molecule has 1 aliphatic carbocycles. The predicted octanol–water partition coefficient (Wildman–Crippen LogP) is 2.99. The van der Waals surface area contributed by atoms with Gasteiger partial charge in [0.1, 0.15) is 17.6 Å². The highest BCUT2D eigenvalue weighted by Gasteiger charge is 2.31. The second-order valence-corrected chi connectivity index (χ2v) is 7.32. The highest BCUT2D eigenvalue weighted by Crippen LogP contribution is 2.40. The number of ether oxygens (including phenoxy) is 1. The van der Waals surface area contributed by atoms with Gasteiger partial charge in [-0.1, -0.05) is 19.9 Å². The monoisotopic (exact) mass is 388 g/mol. The summed E-state index contributed by atoms with van der Waals surface area (Å²) in [4.78, 5) is 36.5. The molecule has 0 aliphatic heterocycles. The smallest absolute Gasteiger partial charge is 0.309 e. The zero-order valence-corrected chi connectivity index (χ0v) is 16.2. The number of fused-ring (bicyclic) bond motifs is 1. The molecule has 1 aromatic carbocycles. The number of benzene rings is 1. The van der Waals surface area contributed by atoms with Gasteiger partial charge in [-0.2, -0.15) is 0 Å². The van der Waals surface area contributed by atoms with Crippen molar-refractivity contribution in [3.05, 3.63) is 47.1 Å². The van der Waals surface area contributed by atoms with Crippen LogP contribution in [0.2, 0.25) is 0 Å². The number of allylic oxidation sites excluding steroid dienone is 2. The van der Waals surface area contributed by atoms with Gasteiger partial charge in [-0.3, -0.25) is 14.4 Å². The number of esters is 1. The Morgan fingerprint density at radius 1 is 1.18 bits per heavy atom. The van der Waals surface area contributed by atoms with E-state index in [1.807, 2.05) is 6.92 Å². The number of ketones is 2. The predicted molar refractivity (Wildman–Crippen MR) is 101 cm³/mol. The van der Waals surface area contributed by atoms with E-state index in [0.29, 0.717) is 6.42 Å². The summed E-state index contributed by atoms with van der Waals surface area (Å²) in [7, 11) is 0. The second-order valence-electron chi connectivity index (χ2n) is 7.32. The summed E-state index contributed by atoms with van der Waals surface area (Å²) in [5.74, 6) is -3.30. The number of carbonyl (C=O) groups is 3. The molecule has 1 aliphatic rings. The lowest BCUT2D eigenvalue weighted by molar-refractivity contribution is -0.151. The van der Waals surface area contributed by atoms with Crippen molar-refractivity contribution in [1.82, 2.24) is 0 Å². The molecule has 28 heavy (non-hydrogen) atoms. The van der Waals surface area contributed by atoms with E-state index in [2.05, 4.69) is 0 Å². The molecule has 1 aromatic rings. The average molecular weight is 388 g/mol. The maximum Gasteiger partial charge on any atom is 0.309 e. The number of hydrogen-bond acceptors (Lipinski definition) is 7. The Balaban J connectivity index is 2.60. The summed E-state index contributed by atoms with van der Waals surface area (Å²) in [5.41, 5.74) is -1.94. The molecule has 0 heterocycles. The van der Waals surface area contributed by atoms with Crippen LogP contribution in [0.4, 0.5) is 0 Å². The second kappa shape index (κ2) is 7.98. The van der Waals surface area contributed by atoms with Crippen molar-refractivity contribution >= 4 is 17.5 Å². The van der Waals surface area contributed by atoms with E-state index in [9.17, 15) is 29.7 Å². The molecule has 0 radical (unpaired) electrons. The molecule has 0 fully saturated rings. The Labute approximate surface area is 163 Å². The van der Waals surface area contributed by atoms with Gasteiger partial charge in [-0.05, 0) is 44.6 Å². The number of aliphatic hydroxyl groups is 1. The fourth-order valence-corrected chi connectivity index (χ4v) is 2.64. The fourth-order valence-electron chi connectivity index (χ4n) is 2.64. The summed E-state index contributed by atoms with van der Waals surface area (Å²) in [6.07, 6.45) is 4.08. The average Bonchev–Trinajstić information content (AvgIpc) is 2.61. The maximum absolute atomic E-state index is 12.3. The fraction of sp³-hybridized carbons (Fsp3) is 0.381. The number of phenolic OH excluding ortho intramolecular Hbond substituents is 2. The van der Waals surface area contributed by atoms with Crippen LogP contribution >= 0.6 is 0 Å². The van der Waals surface area contributed by atoms with Gasteiger partial charge in [-0.15, -0.1) is 0 Å².